The summed E-state index contributed by atoms with van der Waals surface area (Å²) in [5, 5.41) is 3.96. The molecule has 1 saturated heterocycles. The summed E-state index contributed by atoms with van der Waals surface area (Å²) in [6, 6.07) is 5.33. The Morgan fingerprint density at radius 2 is 1.97 bits per heavy atom. The summed E-state index contributed by atoms with van der Waals surface area (Å²) in [5.74, 6) is 1.32. The number of carbonyl (C=O) groups is 1. The molecular weight excluding hydrogens is 514 g/mol. The van der Waals surface area contributed by atoms with Crippen LogP contribution in [0.15, 0.2) is 29.3 Å². The Balaban J connectivity index is 1.43. The maximum atomic E-state index is 13.0. The molecule has 204 valence electrons. The second-order valence-corrected chi connectivity index (χ2v) is 12.8. The SMILES string of the molecule is CCNS(=O)(=O)c1cc(OCCC(C)C)ccc1-c1cnc([C@H]2CC[C@H](NC(=O)OC3COC3)CC2)s1. The fourth-order valence-corrected chi connectivity index (χ4v) is 6.88. The summed E-state index contributed by atoms with van der Waals surface area (Å²) in [4.78, 5) is 17.7. The molecule has 0 atom stereocenters. The highest BCUT2D eigenvalue weighted by Gasteiger charge is 2.29. The van der Waals surface area contributed by atoms with Crippen LogP contribution in [0.4, 0.5) is 4.79 Å². The van der Waals surface area contributed by atoms with Crippen molar-refractivity contribution >= 4 is 27.5 Å². The molecule has 1 aromatic carbocycles. The number of alkyl carbamates (subject to hydrolysis) is 1. The van der Waals surface area contributed by atoms with E-state index < -0.39 is 10.0 Å². The van der Waals surface area contributed by atoms with Gasteiger partial charge in [-0.3, -0.25) is 0 Å². The number of nitrogens with zero attached hydrogens (tertiary/aromatic N) is 1. The predicted octanol–water partition coefficient (Wildman–Crippen LogP) is 4.68. The first-order valence-electron chi connectivity index (χ1n) is 13.0. The molecule has 2 N–H and O–H groups in total. The molecule has 2 aromatic rings. The second kappa shape index (κ2) is 12.6. The van der Waals surface area contributed by atoms with Crippen LogP contribution >= 0.6 is 11.3 Å². The number of rotatable bonds is 11. The number of thiazole rings is 1. The summed E-state index contributed by atoms with van der Waals surface area (Å²) in [7, 11) is -3.71. The van der Waals surface area contributed by atoms with E-state index in [2.05, 4.69) is 28.9 Å². The smallest absolute Gasteiger partial charge is 0.407 e. The van der Waals surface area contributed by atoms with Crippen molar-refractivity contribution in [2.75, 3.05) is 26.4 Å². The van der Waals surface area contributed by atoms with Gasteiger partial charge in [-0.2, -0.15) is 0 Å². The quantitative estimate of drug-likeness (QED) is 0.416. The van der Waals surface area contributed by atoms with Gasteiger partial charge < -0.3 is 19.5 Å². The standard InChI is InChI=1S/C26H37N3O6S2/c1-4-28-37(31,32)24-13-20(34-12-11-17(2)3)9-10-22(24)23-14-27-25(36-23)18-5-7-19(8-6-18)29-26(30)35-21-15-33-16-21/h9-10,13-14,17-19,21,28H,4-8,11-12,15-16H2,1-3H3,(H,29,30)/t18-,19-. The van der Waals surface area contributed by atoms with Gasteiger partial charge in [-0.1, -0.05) is 20.8 Å². The van der Waals surface area contributed by atoms with Crippen LogP contribution in [0.3, 0.4) is 0 Å². The van der Waals surface area contributed by atoms with E-state index in [1.54, 1.807) is 19.2 Å². The van der Waals surface area contributed by atoms with Crippen LogP contribution in [0.25, 0.3) is 10.4 Å². The molecule has 1 aliphatic heterocycles. The molecule has 4 rings (SSSR count). The highest BCUT2D eigenvalue weighted by Crippen LogP contribution is 2.40. The van der Waals surface area contributed by atoms with Gasteiger partial charge in [0, 0.05) is 36.3 Å². The zero-order valence-corrected chi connectivity index (χ0v) is 23.3. The third-order valence-electron chi connectivity index (χ3n) is 6.61. The minimum atomic E-state index is -3.71. The number of aromatic nitrogens is 1. The van der Waals surface area contributed by atoms with Gasteiger partial charge in [-0.25, -0.2) is 22.9 Å². The number of benzene rings is 1. The Labute approximate surface area is 223 Å². The molecule has 0 radical (unpaired) electrons. The van der Waals surface area contributed by atoms with Gasteiger partial charge >= 0.3 is 6.09 Å². The molecular formula is C26H37N3O6S2. The van der Waals surface area contributed by atoms with E-state index in [4.69, 9.17) is 14.2 Å². The molecule has 1 saturated carbocycles. The lowest BCUT2D eigenvalue weighted by atomic mass is 9.86. The van der Waals surface area contributed by atoms with Crippen molar-refractivity contribution in [3.63, 3.8) is 0 Å². The minimum absolute atomic E-state index is 0.0873. The van der Waals surface area contributed by atoms with E-state index >= 15 is 0 Å². The molecule has 11 heteroatoms. The van der Waals surface area contributed by atoms with Crippen LogP contribution in [0.5, 0.6) is 5.75 Å². The summed E-state index contributed by atoms with van der Waals surface area (Å²) < 4.78 is 44.9. The highest BCUT2D eigenvalue weighted by atomic mass is 32.2. The fourth-order valence-electron chi connectivity index (χ4n) is 4.42. The van der Waals surface area contributed by atoms with Gasteiger partial charge in [-0.15, -0.1) is 11.3 Å². The third-order valence-corrected chi connectivity index (χ3v) is 9.39. The first-order valence-corrected chi connectivity index (χ1v) is 15.3. The minimum Gasteiger partial charge on any atom is -0.494 e. The lowest BCUT2D eigenvalue weighted by Gasteiger charge is -2.30. The average Bonchev–Trinajstić information content (AvgIpc) is 3.32. The maximum absolute atomic E-state index is 13.0. The number of nitrogens with one attached hydrogen (secondary N) is 2. The number of carbonyl (C=O) groups excluding carboxylic acids is 1. The van der Waals surface area contributed by atoms with Crippen LogP contribution in [-0.4, -0.2) is 58.0 Å². The van der Waals surface area contributed by atoms with E-state index in [1.165, 1.54) is 11.3 Å². The molecule has 1 amide bonds. The highest BCUT2D eigenvalue weighted by molar-refractivity contribution is 7.89. The molecule has 1 aromatic heterocycles. The third kappa shape index (κ3) is 7.43. The number of sulfonamides is 1. The molecule has 9 nitrogen and oxygen atoms in total. The van der Waals surface area contributed by atoms with Gasteiger partial charge in [-0.05, 0) is 50.2 Å². The number of amides is 1. The normalized spacial score (nSPS) is 20.4. The van der Waals surface area contributed by atoms with Crippen molar-refractivity contribution in [3.05, 3.63) is 29.4 Å². The molecule has 1 aliphatic carbocycles. The zero-order valence-electron chi connectivity index (χ0n) is 21.7. The number of hydrogen-bond donors (Lipinski definition) is 2. The van der Waals surface area contributed by atoms with Crippen molar-refractivity contribution in [1.29, 1.82) is 0 Å². The average molecular weight is 552 g/mol. The monoisotopic (exact) mass is 551 g/mol. The van der Waals surface area contributed by atoms with Gasteiger partial charge in [0.05, 0.1) is 34.6 Å². The maximum Gasteiger partial charge on any atom is 0.407 e. The summed E-state index contributed by atoms with van der Waals surface area (Å²) in [6.07, 6.45) is 5.64. The first kappa shape index (κ1) is 27.8. The topological polar surface area (TPSA) is 116 Å². The van der Waals surface area contributed by atoms with E-state index in [9.17, 15) is 13.2 Å². The van der Waals surface area contributed by atoms with Crippen LogP contribution in [0, 0.1) is 5.92 Å². The zero-order chi connectivity index (χ0) is 26.4. The molecule has 0 unspecified atom stereocenters. The van der Waals surface area contributed by atoms with Crippen LogP contribution in [0.1, 0.15) is 63.8 Å². The van der Waals surface area contributed by atoms with Gasteiger partial charge in [0.2, 0.25) is 10.0 Å². The van der Waals surface area contributed by atoms with Crippen molar-refractivity contribution in [2.24, 2.45) is 5.92 Å². The summed E-state index contributed by atoms with van der Waals surface area (Å²) in [6.45, 7) is 7.78. The van der Waals surface area contributed by atoms with Crippen molar-refractivity contribution in [3.8, 4) is 16.2 Å². The molecule has 2 aliphatic rings. The fraction of sp³-hybridized carbons (Fsp3) is 0.615. The van der Waals surface area contributed by atoms with Gasteiger partial charge in [0.1, 0.15) is 5.75 Å². The van der Waals surface area contributed by atoms with Gasteiger partial charge in [0.15, 0.2) is 6.10 Å². The predicted molar refractivity (Wildman–Crippen MR) is 143 cm³/mol. The van der Waals surface area contributed by atoms with Crippen molar-refractivity contribution < 1.29 is 27.4 Å². The molecule has 37 heavy (non-hydrogen) atoms. The Bertz CT molecular complexity index is 1150. The summed E-state index contributed by atoms with van der Waals surface area (Å²) in [5.41, 5.74) is 0.624. The van der Waals surface area contributed by atoms with E-state index in [-0.39, 0.29) is 29.1 Å². The Morgan fingerprint density at radius 3 is 2.62 bits per heavy atom. The first-order chi connectivity index (χ1) is 17.7. The molecule has 0 spiro atoms. The van der Waals surface area contributed by atoms with Crippen LogP contribution in [0.2, 0.25) is 0 Å². The van der Waals surface area contributed by atoms with Crippen molar-refractivity contribution in [1.82, 2.24) is 15.0 Å². The second-order valence-electron chi connectivity index (χ2n) is 10.0. The van der Waals surface area contributed by atoms with Gasteiger partial charge in [0.25, 0.3) is 0 Å². The lowest BCUT2D eigenvalue weighted by Crippen LogP contribution is -2.44. The van der Waals surface area contributed by atoms with Crippen LogP contribution in [-0.2, 0) is 19.5 Å². The summed E-state index contributed by atoms with van der Waals surface area (Å²) >= 11 is 1.53. The van der Waals surface area contributed by atoms with Crippen LogP contribution < -0.4 is 14.8 Å². The molecule has 2 heterocycles. The Morgan fingerprint density at radius 1 is 1.22 bits per heavy atom. The largest absolute Gasteiger partial charge is 0.494 e. The number of ether oxygens (including phenoxy) is 3. The number of hydrogen-bond acceptors (Lipinski definition) is 8. The molecule has 0 bridgehead atoms. The Hall–Kier alpha value is -2.21. The Kier molecular flexibility index (Phi) is 9.44. The van der Waals surface area contributed by atoms with Crippen molar-refractivity contribution in [2.45, 2.75) is 75.8 Å². The van der Waals surface area contributed by atoms with E-state index in [0.717, 1.165) is 42.0 Å². The lowest BCUT2D eigenvalue weighted by molar-refractivity contribution is -0.0985. The molecule has 2 fully saturated rings. The van der Waals surface area contributed by atoms with E-state index in [1.807, 2.05) is 12.1 Å². The van der Waals surface area contributed by atoms with E-state index in [0.29, 0.717) is 43.6 Å².